The number of carbonyl (C=O) groups excluding carboxylic acids is 1. The molecule has 0 amide bonds. The topological polar surface area (TPSA) is 125 Å². The number of rotatable bonds is 8. The number of hydrogen-bond donors (Lipinski definition) is 0. The molecule has 2 rings (SSSR count). The van der Waals surface area contributed by atoms with Crippen molar-refractivity contribution < 1.29 is 44.8 Å². The summed E-state index contributed by atoms with van der Waals surface area (Å²) in [5.74, 6) is -1.48. The highest BCUT2D eigenvalue weighted by atomic mass is 32.2. The molecule has 166 valence electrons. The van der Waals surface area contributed by atoms with Crippen molar-refractivity contribution >= 4 is 16.1 Å². The predicted octanol–water partition coefficient (Wildman–Crippen LogP) is 3.01. The van der Waals surface area contributed by atoms with Gasteiger partial charge < -0.3 is 18.4 Å². The number of carbonyl (C=O) groups is 1. The fraction of sp³-hybridized carbons (Fsp3) is 0.278. The Labute approximate surface area is 175 Å². The molecule has 1 aromatic heterocycles. The van der Waals surface area contributed by atoms with Crippen molar-refractivity contribution in [3.05, 3.63) is 41.6 Å². The number of hydrogen-bond acceptors (Lipinski definition) is 9. The Bertz CT molecular complexity index is 1110. The third-order valence-corrected chi connectivity index (χ3v) is 4.54. The van der Waals surface area contributed by atoms with Crippen LogP contribution in [0.1, 0.15) is 22.8 Å². The Morgan fingerprint density at radius 1 is 1.23 bits per heavy atom. The van der Waals surface area contributed by atoms with Crippen molar-refractivity contribution in [1.82, 2.24) is 4.98 Å². The van der Waals surface area contributed by atoms with Gasteiger partial charge in [-0.2, -0.15) is 26.9 Å². The lowest BCUT2D eigenvalue weighted by atomic mass is 10.1. The van der Waals surface area contributed by atoms with Gasteiger partial charge in [0, 0.05) is 12.7 Å². The lowest BCUT2D eigenvalue weighted by Crippen LogP contribution is -2.28. The van der Waals surface area contributed by atoms with Crippen LogP contribution >= 0.6 is 0 Å². The van der Waals surface area contributed by atoms with Gasteiger partial charge in [0.05, 0.1) is 24.1 Å². The maximum absolute atomic E-state index is 12.5. The smallest absolute Gasteiger partial charge is 0.465 e. The normalized spacial score (nSPS) is 11.5. The second-order valence-corrected chi connectivity index (χ2v) is 7.18. The van der Waals surface area contributed by atoms with E-state index in [1.54, 1.807) is 13.0 Å². The number of pyridine rings is 1. The third kappa shape index (κ3) is 5.62. The van der Waals surface area contributed by atoms with E-state index in [0.29, 0.717) is 0 Å². The quantitative estimate of drug-likeness (QED) is 0.253. The second-order valence-electron chi connectivity index (χ2n) is 5.64. The maximum atomic E-state index is 12.5. The van der Waals surface area contributed by atoms with Gasteiger partial charge in [0.2, 0.25) is 0 Å². The Kier molecular flexibility index (Phi) is 7.42. The van der Waals surface area contributed by atoms with Crippen molar-refractivity contribution in [2.75, 3.05) is 20.5 Å². The lowest BCUT2D eigenvalue weighted by Gasteiger charge is -2.13. The number of nitriles is 1. The molecule has 13 heteroatoms. The van der Waals surface area contributed by atoms with Crippen LogP contribution in [0.4, 0.5) is 13.2 Å². The standard InChI is InChI=1S/C18H15F3N2O7S/c1-3-28-17(24)13-7-14(23-9-16(13)29-10-27-2)11-4-5-15(12(6-11)8-22)30-31(25,26)18(19,20)21/h4-7,9H,3,10H2,1-2H3. The zero-order valence-electron chi connectivity index (χ0n) is 16.1. The first-order chi connectivity index (χ1) is 14.5. The molecule has 0 unspecified atom stereocenters. The number of nitrogens with zero attached hydrogens (tertiary/aromatic N) is 2. The first-order valence-electron chi connectivity index (χ1n) is 8.38. The van der Waals surface area contributed by atoms with Gasteiger partial charge in [-0.3, -0.25) is 4.98 Å². The van der Waals surface area contributed by atoms with E-state index < -0.39 is 32.9 Å². The van der Waals surface area contributed by atoms with Gasteiger partial charge in [0.15, 0.2) is 18.3 Å². The Hall–Kier alpha value is -3.37. The molecule has 0 saturated carbocycles. The number of ether oxygens (including phenoxy) is 3. The summed E-state index contributed by atoms with van der Waals surface area (Å²) in [6.45, 7) is 1.51. The van der Waals surface area contributed by atoms with Crippen LogP contribution in [0.3, 0.4) is 0 Å². The molecule has 31 heavy (non-hydrogen) atoms. The average molecular weight is 460 g/mol. The van der Waals surface area contributed by atoms with Crippen LogP contribution in [0, 0.1) is 11.3 Å². The lowest BCUT2D eigenvalue weighted by molar-refractivity contribution is -0.0500. The highest BCUT2D eigenvalue weighted by Gasteiger charge is 2.48. The van der Waals surface area contributed by atoms with E-state index in [9.17, 15) is 31.6 Å². The van der Waals surface area contributed by atoms with Gasteiger partial charge in [0.1, 0.15) is 11.6 Å². The molecule has 0 radical (unpaired) electrons. The van der Waals surface area contributed by atoms with Crippen molar-refractivity contribution in [2.45, 2.75) is 12.4 Å². The van der Waals surface area contributed by atoms with Crippen molar-refractivity contribution in [3.63, 3.8) is 0 Å². The van der Waals surface area contributed by atoms with Gasteiger partial charge in [-0.15, -0.1) is 0 Å². The molecule has 0 aliphatic heterocycles. The van der Waals surface area contributed by atoms with E-state index >= 15 is 0 Å². The summed E-state index contributed by atoms with van der Waals surface area (Å²) < 4.78 is 79.1. The molecule has 9 nitrogen and oxygen atoms in total. The van der Waals surface area contributed by atoms with E-state index in [1.165, 1.54) is 25.4 Å². The highest BCUT2D eigenvalue weighted by molar-refractivity contribution is 7.88. The molecule has 0 aliphatic rings. The number of esters is 1. The molecule has 0 aliphatic carbocycles. The van der Waals surface area contributed by atoms with Crippen molar-refractivity contribution in [2.24, 2.45) is 0 Å². The van der Waals surface area contributed by atoms with Crippen molar-refractivity contribution in [1.29, 1.82) is 5.26 Å². The molecule has 1 heterocycles. The van der Waals surface area contributed by atoms with Crippen LogP contribution in [0.15, 0.2) is 30.5 Å². The number of halogens is 3. The summed E-state index contributed by atoms with van der Waals surface area (Å²) in [5.41, 5.74) is -5.84. The fourth-order valence-corrected chi connectivity index (χ4v) is 2.70. The zero-order chi connectivity index (χ0) is 23.2. The molecule has 1 aromatic carbocycles. The summed E-state index contributed by atoms with van der Waals surface area (Å²) in [5, 5.41) is 9.21. The molecular formula is C18H15F3N2O7S. The number of benzene rings is 1. The third-order valence-electron chi connectivity index (χ3n) is 3.57. The molecule has 2 aromatic rings. The number of alkyl halides is 3. The van der Waals surface area contributed by atoms with E-state index in [4.69, 9.17) is 14.2 Å². The highest BCUT2D eigenvalue weighted by Crippen LogP contribution is 2.32. The maximum Gasteiger partial charge on any atom is 0.534 e. The van der Waals surface area contributed by atoms with E-state index in [1.807, 2.05) is 0 Å². The second kappa shape index (κ2) is 9.63. The molecular weight excluding hydrogens is 445 g/mol. The average Bonchev–Trinajstić information content (AvgIpc) is 2.71. The molecule has 0 spiro atoms. The van der Waals surface area contributed by atoms with E-state index in [2.05, 4.69) is 9.17 Å². The Morgan fingerprint density at radius 2 is 1.94 bits per heavy atom. The van der Waals surface area contributed by atoms with Gasteiger partial charge in [-0.25, -0.2) is 4.79 Å². The summed E-state index contributed by atoms with van der Waals surface area (Å²) in [6.07, 6.45) is 1.20. The fourth-order valence-electron chi connectivity index (χ4n) is 2.22. The van der Waals surface area contributed by atoms with E-state index in [0.717, 1.165) is 12.1 Å². The summed E-state index contributed by atoms with van der Waals surface area (Å²) in [7, 11) is -4.58. The molecule has 0 bridgehead atoms. The van der Waals surface area contributed by atoms with Gasteiger partial charge in [0.25, 0.3) is 0 Å². The van der Waals surface area contributed by atoms with Gasteiger partial charge in [-0.05, 0) is 31.2 Å². The van der Waals surface area contributed by atoms with E-state index in [-0.39, 0.29) is 36.0 Å². The monoisotopic (exact) mass is 460 g/mol. The largest absolute Gasteiger partial charge is 0.534 e. The van der Waals surface area contributed by atoms with Crippen LogP contribution < -0.4 is 8.92 Å². The van der Waals surface area contributed by atoms with Crippen LogP contribution in [0.25, 0.3) is 11.3 Å². The van der Waals surface area contributed by atoms with Crippen LogP contribution in [-0.2, 0) is 19.6 Å². The Morgan fingerprint density at radius 3 is 2.52 bits per heavy atom. The number of methoxy groups -OCH3 is 1. The SMILES string of the molecule is CCOC(=O)c1cc(-c2ccc(OS(=O)(=O)C(F)(F)F)c(C#N)c2)ncc1OCOC. The predicted molar refractivity (Wildman–Crippen MR) is 98.5 cm³/mol. The first kappa shape index (κ1) is 23.9. The zero-order valence-corrected chi connectivity index (χ0v) is 16.9. The summed E-state index contributed by atoms with van der Waals surface area (Å²) >= 11 is 0. The van der Waals surface area contributed by atoms with Gasteiger partial charge >= 0.3 is 21.6 Å². The minimum atomic E-state index is -5.96. The van der Waals surface area contributed by atoms with Crippen molar-refractivity contribution in [3.8, 4) is 28.8 Å². The summed E-state index contributed by atoms with van der Waals surface area (Å²) in [6, 6.07) is 5.96. The first-order valence-corrected chi connectivity index (χ1v) is 9.79. The van der Waals surface area contributed by atoms with Gasteiger partial charge in [-0.1, -0.05) is 0 Å². The Balaban J connectivity index is 2.48. The molecule has 0 saturated heterocycles. The molecule has 0 N–H and O–H groups in total. The summed E-state index contributed by atoms with van der Waals surface area (Å²) in [4.78, 5) is 16.3. The number of aromatic nitrogens is 1. The minimum absolute atomic E-state index is 0.0117. The van der Waals surface area contributed by atoms with Crippen LogP contribution in [0.5, 0.6) is 11.5 Å². The molecule has 0 atom stereocenters. The van der Waals surface area contributed by atoms with Crippen LogP contribution in [-0.4, -0.2) is 45.4 Å². The minimum Gasteiger partial charge on any atom is -0.465 e. The molecule has 0 fully saturated rings. The van der Waals surface area contributed by atoms with Crippen LogP contribution in [0.2, 0.25) is 0 Å².